The van der Waals surface area contributed by atoms with Gasteiger partial charge in [-0.15, -0.1) is 11.6 Å². The number of alkyl halides is 1. The van der Waals surface area contributed by atoms with Gasteiger partial charge in [0.1, 0.15) is 18.4 Å². The van der Waals surface area contributed by atoms with Gasteiger partial charge in [0, 0.05) is 0 Å². The number of carbonyl (C=O) groups excluding carboxylic acids is 1. The molecule has 118 valence electrons. The number of methoxy groups -OCH3 is 1. The van der Waals surface area contributed by atoms with Crippen LogP contribution in [0.3, 0.4) is 0 Å². The molecule has 1 rings (SSSR count). The molecule has 0 spiro atoms. The minimum atomic E-state index is -0.202. The quantitative estimate of drug-likeness (QED) is 0.569. The molecule has 0 bridgehead atoms. The average Bonchev–Trinajstić information content (AvgIpc) is 2.49. The Balaban J connectivity index is 3.20. The van der Waals surface area contributed by atoms with Crippen LogP contribution in [0.4, 0.5) is 5.69 Å². The number of ether oxygens (including phenoxy) is 2. The molecule has 0 heterocycles. The maximum atomic E-state index is 12.2. The Bertz CT molecular complexity index is 491. The van der Waals surface area contributed by atoms with Crippen molar-refractivity contribution >= 4 is 23.2 Å². The fraction of sp³-hybridized carbons (Fsp3) is 0.562. The summed E-state index contributed by atoms with van der Waals surface area (Å²) in [6.45, 7) is 8.07. The normalized spacial score (nSPS) is 12.1. The predicted octanol–water partition coefficient (Wildman–Crippen LogP) is 3.66. The van der Waals surface area contributed by atoms with Gasteiger partial charge in [0.15, 0.2) is 0 Å². The zero-order chi connectivity index (χ0) is 16.0. The summed E-state index contributed by atoms with van der Waals surface area (Å²) in [5.74, 6) is 0.383. The van der Waals surface area contributed by atoms with Crippen LogP contribution in [0, 0.1) is 13.8 Å². The molecule has 5 heteroatoms. The number of nitrogens with zero attached hydrogens (tertiary/aromatic N) is 1. The summed E-state index contributed by atoms with van der Waals surface area (Å²) in [6.07, 6.45) is 0.957. The van der Waals surface area contributed by atoms with E-state index in [2.05, 4.69) is 0 Å². The molecule has 0 aliphatic heterocycles. The molecule has 0 aromatic heterocycles. The van der Waals surface area contributed by atoms with Crippen molar-refractivity contribution in [1.29, 1.82) is 0 Å². The number of carbonyl (C=O) groups is 1. The highest BCUT2D eigenvalue weighted by atomic mass is 35.5. The maximum Gasteiger partial charge on any atom is 0.243 e. The van der Waals surface area contributed by atoms with E-state index in [1.54, 1.807) is 12.0 Å². The zero-order valence-electron chi connectivity index (χ0n) is 13.4. The second kappa shape index (κ2) is 8.25. The summed E-state index contributed by atoms with van der Waals surface area (Å²) < 4.78 is 11.2. The molecule has 0 fully saturated rings. The van der Waals surface area contributed by atoms with Crippen LogP contribution < -0.4 is 9.64 Å². The molecule has 1 aromatic carbocycles. The fourth-order valence-electron chi connectivity index (χ4n) is 2.02. The van der Waals surface area contributed by atoms with Crippen molar-refractivity contribution in [3.05, 3.63) is 23.3 Å². The van der Waals surface area contributed by atoms with Crippen molar-refractivity contribution in [2.75, 3.05) is 24.6 Å². The highest BCUT2D eigenvalue weighted by Crippen LogP contribution is 2.35. The van der Waals surface area contributed by atoms with E-state index in [0.29, 0.717) is 5.75 Å². The van der Waals surface area contributed by atoms with Crippen LogP contribution in [0.5, 0.6) is 5.75 Å². The van der Waals surface area contributed by atoms with Gasteiger partial charge in [0.25, 0.3) is 0 Å². The highest BCUT2D eigenvalue weighted by Gasteiger charge is 2.22. The molecule has 1 aromatic rings. The smallest absolute Gasteiger partial charge is 0.243 e. The van der Waals surface area contributed by atoms with E-state index in [1.165, 1.54) is 0 Å². The van der Waals surface area contributed by atoms with E-state index in [1.807, 2.05) is 39.8 Å². The minimum Gasteiger partial charge on any atom is -0.494 e. The summed E-state index contributed by atoms with van der Waals surface area (Å²) in [4.78, 5) is 13.8. The van der Waals surface area contributed by atoms with E-state index in [-0.39, 0.29) is 24.6 Å². The van der Waals surface area contributed by atoms with E-state index < -0.39 is 0 Å². The van der Waals surface area contributed by atoms with Crippen LogP contribution >= 0.6 is 11.6 Å². The fourth-order valence-corrected chi connectivity index (χ4v) is 2.16. The SMILES string of the molecule is CCC(C)OCN(C(=O)CCl)c1c(C)ccc(C)c1OC. The summed E-state index contributed by atoms with van der Waals surface area (Å²) in [6, 6.07) is 3.93. The van der Waals surface area contributed by atoms with Gasteiger partial charge in [-0.1, -0.05) is 19.1 Å². The monoisotopic (exact) mass is 313 g/mol. The first-order valence-corrected chi connectivity index (χ1v) is 7.61. The Morgan fingerprint density at radius 3 is 2.48 bits per heavy atom. The van der Waals surface area contributed by atoms with E-state index in [9.17, 15) is 4.79 Å². The molecule has 0 aliphatic rings. The first-order chi connectivity index (χ1) is 9.96. The molecule has 0 N–H and O–H groups in total. The molecule has 1 unspecified atom stereocenters. The number of benzene rings is 1. The van der Waals surface area contributed by atoms with E-state index in [4.69, 9.17) is 21.1 Å². The van der Waals surface area contributed by atoms with Crippen molar-refractivity contribution in [2.24, 2.45) is 0 Å². The van der Waals surface area contributed by atoms with Crippen molar-refractivity contribution in [3.63, 3.8) is 0 Å². The van der Waals surface area contributed by atoms with Crippen LogP contribution in [0.15, 0.2) is 12.1 Å². The van der Waals surface area contributed by atoms with Gasteiger partial charge >= 0.3 is 0 Å². The minimum absolute atomic E-state index is 0.0757. The molecule has 1 atom stereocenters. The second-order valence-corrected chi connectivity index (χ2v) is 5.32. The summed E-state index contributed by atoms with van der Waals surface area (Å²) >= 11 is 5.75. The first-order valence-electron chi connectivity index (χ1n) is 7.08. The highest BCUT2D eigenvalue weighted by molar-refractivity contribution is 6.29. The van der Waals surface area contributed by atoms with Crippen LogP contribution in [-0.2, 0) is 9.53 Å². The largest absolute Gasteiger partial charge is 0.494 e. The van der Waals surface area contributed by atoms with Gasteiger partial charge in [-0.25, -0.2) is 0 Å². The molecule has 0 radical (unpaired) electrons. The number of anilines is 1. The molecule has 0 saturated carbocycles. The summed E-state index contributed by atoms with van der Waals surface area (Å²) in [5, 5.41) is 0. The van der Waals surface area contributed by atoms with Crippen LogP contribution in [0.25, 0.3) is 0 Å². The molecular formula is C16H24ClNO3. The Hall–Kier alpha value is -1.26. The summed E-state index contributed by atoms with van der Waals surface area (Å²) in [5.41, 5.74) is 2.64. The standard InChI is InChI=1S/C16H24ClNO3/c1-6-13(4)21-10-18(14(19)9-17)15-11(2)7-8-12(3)16(15)20-5/h7-8,13H,6,9-10H2,1-5H3. The van der Waals surface area contributed by atoms with Gasteiger partial charge in [0.05, 0.1) is 18.9 Å². The Morgan fingerprint density at radius 2 is 1.95 bits per heavy atom. The number of halogens is 1. The summed E-state index contributed by atoms with van der Waals surface area (Å²) in [7, 11) is 1.60. The third-order valence-electron chi connectivity index (χ3n) is 3.48. The van der Waals surface area contributed by atoms with Gasteiger partial charge in [0.2, 0.25) is 5.91 Å². The lowest BCUT2D eigenvalue weighted by Crippen LogP contribution is -2.36. The molecule has 1 amide bonds. The van der Waals surface area contributed by atoms with Crippen molar-refractivity contribution < 1.29 is 14.3 Å². The number of amides is 1. The molecule has 21 heavy (non-hydrogen) atoms. The molecule has 0 aliphatic carbocycles. The predicted molar refractivity (Wildman–Crippen MR) is 86.4 cm³/mol. The van der Waals surface area contributed by atoms with Crippen LogP contribution in [-0.4, -0.2) is 31.7 Å². The molecular weight excluding hydrogens is 290 g/mol. The lowest BCUT2D eigenvalue weighted by Gasteiger charge is -2.27. The van der Waals surface area contributed by atoms with Gasteiger partial charge < -0.3 is 9.47 Å². The Morgan fingerprint density at radius 1 is 1.33 bits per heavy atom. The lowest BCUT2D eigenvalue weighted by atomic mass is 10.1. The average molecular weight is 314 g/mol. The van der Waals surface area contributed by atoms with Crippen molar-refractivity contribution in [1.82, 2.24) is 0 Å². The van der Waals surface area contributed by atoms with Crippen LogP contribution in [0.2, 0.25) is 0 Å². The first kappa shape index (κ1) is 17.8. The third-order valence-corrected chi connectivity index (χ3v) is 3.71. The van der Waals surface area contributed by atoms with Crippen molar-refractivity contribution in [3.8, 4) is 5.75 Å². The van der Waals surface area contributed by atoms with Crippen molar-refractivity contribution in [2.45, 2.75) is 40.2 Å². The molecule has 0 saturated heterocycles. The van der Waals surface area contributed by atoms with Crippen LogP contribution in [0.1, 0.15) is 31.4 Å². The van der Waals surface area contributed by atoms with Gasteiger partial charge in [-0.3, -0.25) is 9.69 Å². The number of rotatable bonds is 7. The lowest BCUT2D eigenvalue weighted by molar-refractivity contribution is -0.117. The zero-order valence-corrected chi connectivity index (χ0v) is 14.2. The molecule has 4 nitrogen and oxygen atoms in total. The van der Waals surface area contributed by atoms with Gasteiger partial charge in [-0.2, -0.15) is 0 Å². The topological polar surface area (TPSA) is 38.8 Å². The number of hydrogen-bond acceptors (Lipinski definition) is 3. The van der Waals surface area contributed by atoms with E-state index >= 15 is 0 Å². The number of hydrogen-bond donors (Lipinski definition) is 0. The Kier molecular flexibility index (Phi) is 6.99. The maximum absolute atomic E-state index is 12.2. The second-order valence-electron chi connectivity index (χ2n) is 5.05. The van der Waals surface area contributed by atoms with Gasteiger partial charge in [-0.05, 0) is 38.3 Å². The van der Waals surface area contributed by atoms with E-state index in [0.717, 1.165) is 23.2 Å². The third kappa shape index (κ3) is 4.35. The Labute approximate surface area is 132 Å². The number of aryl methyl sites for hydroxylation is 2.